The molecule has 9 heteroatoms. The average molecular weight is 647 g/mol. The van der Waals surface area contributed by atoms with Crippen molar-refractivity contribution >= 4 is 76.6 Å². The molecule has 0 spiro atoms. The van der Waals surface area contributed by atoms with Crippen molar-refractivity contribution < 1.29 is 9.59 Å². The van der Waals surface area contributed by atoms with E-state index in [9.17, 15) is 9.59 Å². The summed E-state index contributed by atoms with van der Waals surface area (Å²) < 4.78 is 1.86. The molecule has 4 heterocycles. The Labute approximate surface area is 238 Å². The van der Waals surface area contributed by atoms with Crippen molar-refractivity contribution in [2.75, 3.05) is 0 Å². The Morgan fingerprint density at radius 2 is 1.54 bits per heavy atom. The molecule has 4 rings (SSSR count). The van der Waals surface area contributed by atoms with Crippen molar-refractivity contribution in [3.8, 4) is 23.7 Å². The molecule has 37 heavy (non-hydrogen) atoms. The molecule has 0 radical (unpaired) electrons. The number of H-pyrrole nitrogens is 2. The third-order valence-electron chi connectivity index (χ3n) is 4.81. The smallest absolute Gasteiger partial charge is 0.296 e. The van der Waals surface area contributed by atoms with Crippen molar-refractivity contribution in [1.82, 2.24) is 19.9 Å². The molecule has 0 aliphatic heterocycles. The highest BCUT2D eigenvalue weighted by atomic mass is 79.9. The Hall–Kier alpha value is -2.91. The quantitative estimate of drug-likeness (QED) is 0.0757. The lowest BCUT2D eigenvalue weighted by Gasteiger charge is -1.93. The first-order valence-corrected chi connectivity index (χ1v) is 13.7. The molecule has 6 nitrogen and oxygen atoms in total. The van der Waals surface area contributed by atoms with Crippen LogP contribution >= 0.6 is 43.5 Å². The van der Waals surface area contributed by atoms with Gasteiger partial charge in [-0.25, -0.2) is 9.97 Å². The molecular formula is C28H27Br2ClN4O2. The molecule has 0 aromatic carbocycles. The molecule has 4 aromatic rings. The van der Waals surface area contributed by atoms with Crippen LogP contribution in [0.3, 0.4) is 0 Å². The number of carbonyl (C=O) groups excluding carboxylic acids is 2. The van der Waals surface area contributed by atoms with Crippen LogP contribution < -0.4 is 0 Å². The molecule has 0 aliphatic rings. The highest BCUT2D eigenvalue weighted by Gasteiger charge is 2.10. The van der Waals surface area contributed by atoms with Crippen LogP contribution in [-0.4, -0.2) is 31.0 Å². The van der Waals surface area contributed by atoms with Crippen LogP contribution in [0, 0.1) is 23.7 Å². The largest absolute Gasteiger partial charge is 0.346 e. The number of Topliss-reactive ketones (excluding diaryl/α,β-unsaturated/α-hetero) is 1. The molecule has 2 N–H and O–H groups in total. The molecule has 0 unspecified atom stereocenters. The van der Waals surface area contributed by atoms with Crippen LogP contribution in [0.5, 0.6) is 0 Å². The average Bonchev–Trinajstić information content (AvgIpc) is 3.51. The third-order valence-corrected chi connectivity index (χ3v) is 5.77. The fraction of sp³-hybridized carbons (Fsp3) is 0.286. The number of nitrogens with one attached hydrogen (secondary N) is 2. The zero-order valence-electron chi connectivity index (χ0n) is 20.6. The second kappa shape index (κ2) is 16.8. The maximum Gasteiger partial charge on any atom is 0.296 e. The predicted octanol–water partition coefficient (Wildman–Crippen LogP) is 7.97. The fourth-order valence-corrected chi connectivity index (χ4v) is 3.70. The van der Waals surface area contributed by atoms with E-state index in [-0.39, 0.29) is 5.78 Å². The van der Waals surface area contributed by atoms with E-state index in [1.54, 1.807) is 18.6 Å². The number of ketones is 1. The van der Waals surface area contributed by atoms with Crippen LogP contribution in [0.15, 0.2) is 51.9 Å². The number of pyridine rings is 2. The number of carbonyl (C=O) groups is 2. The van der Waals surface area contributed by atoms with E-state index in [0.29, 0.717) is 11.2 Å². The van der Waals surface area contributed by atoms with E-state index >= 15 is 0 Å². The van der Waals surface area contributed by atoms with E-state index in [1.807, 2.05) is 24.4 Å². The maximum atomic E-state index is 12.0. The highest BCUT2D eigenvalue weighted by molar-refractivity contribution is 9.10. The van der Waals surface area contributed by atoms with Crippen LogP contribution in [0.1, 0.15) is 62.7 Å². The molecule has 0 atom stereocenters. The molecular weight excluding hydrogens is 620 g/mol. The number of hydrogen-bond acceptors (Lipinski definition) is 4. The van der Waals surface area contributed by atoms with Crippen LogP contribution in [0.2, 0.25) is 0 Å². The highest BCUT2D eigenvalue weighted by Crippen LogP contribution is 2.20. The van der Waals surface area contributed by atoms with E-state index in [2.05, 4.69) is 89.3 Å². The fourth-order valence-electron chi connectivity index (χ4n) is 2.95. The van der Waals surface area contributed by atoms with E-state index in [4.69, 9.17) is 11.6 Å². The normalized spacial score (nSPS) is 9.65. The van der Waals surface area contributed by atoms with Gasteiger partial charge in [-0.2, -0.15) is 0 Å². The Morgan fingerprint density at radius 1 is 0.919 bits per heavy atom. The second-order valence-corrected chi connectivity index (χ2v) is 9.91. The van der Waals surface area contributed by atoms with Gasteiger partial charge in [-0.3, -0.25) is 9.59 Å². The van der Waals surface area contributed by atoms with Gasteiger partial charge in [0.2, 0.25) is 5.78 Å². The van der Waals surface area contributed by atoms with Crippen molar-refractivity contribution in [3.05, 3.63) is 57.5 Å². The summed E-state index contributed by atoms with van der Waals surface area (Å²) in [5.41, 5.74) is 2.22. The summed E-state index contributed by atoms with van der Waals surface area (Å²) in [7, 11) is 0. The molecule has 192 valence electrons. The molecule has 0 amide bonds. The van der Waals surface area contributed by atoms with Gasteiger partial charge in [0.1, 0.15) is 11.3 Å². The van der Waals surface area contributed by atoms with Crippen LogP contribution in [0.4, 0.5) is 0 Å². The number of hydrogen-bond donors (Lipinski definition) is 2. The van der Waals surface area contributed by atoms with Gasteiger partial charge < -0.3 is 9.97 Å². The zero-order chi connectivity index (χ0) is 27.0. The Morgan fingerprint density at radius 3 is 2.19 bits per heavy atom. The number of fused-ring (bicyclic) bond motifs is 2. The van der Waals surface area contributed by atoms with Gasteiger partial charge in [0.05, 0.1) is 5.56 Å². The molecule has 0 bridgehead atoms. The second-order valence-electron chi connectivity index (χ2n) is 7.73. The Bertz CT molecular complexity index is 1450. The summed E-state index contributed by atoms with van der Waals surface area (Å²) in [6, 6.07) is 5.89. The minimum atomic E-state index is -0.564. The zero-order valence-corrected chi connectivity index (χ0v) is 24.6. The van der Waals surface area contributed by atoms with Gasteiger partial charge in [0, 0.05) is 57.3 Å². The maximum absolute atomic E-state index is 12.0. The van der Waals surface area contributed by atoms with Crippen molar-refractivity contribution in [3.63, 3.8) is 0 Å². The minimum absolute atomic E-state index is 0.155. The standard InChI is InChI=1S/C14H13BrN2O.C7H5BrN2.C7H9ClO/c1-2-3-4-5-6-13(18)12-9-17-14-11(12)7-10(15)8-16-14;8-6-3-5-1-2-9-7(5)10-4-6;1-2-3-4-5-6-7(8)9/h7-9H,2-4H2,1H3,(H,16,17);1-4H,(H,9,10);2-4H2,1H3. The first-order valence-electron chi connectivity index (χ1n) is 11.8. The van der Waals surface area contributed by atoms with Gasteiger partial charge in [-0.1, -0.05) is 38.5 Å². The number of aromatic nitrogens is 4. The van der Waals surface area contributed by atoms with Crippen LogP contribution in [-0.2, 0) is 4.79 Å². The van der Waals surface area contributed by atoms with Gasteiger partial charge in [0.15, 0.2) is 0 Å². The summed E-state index contributed by atoms with van der Waals surface area (Å²) in [5, 5.41) is 1.37. The first-order chi connectivity index (χ1) is 17.8. The Balaban J connectivity index is 0.000000214. The summed E-state index contributed by atoms with van der Waals surface area (Å²) in [5.74, 6) is 10.3. The number of rotatable bonds is 5. The van der Waals surface area contributed by atoms with Gasteiger partial charge >= 0.3 is 0 Å². The Kier molecular flexibility index (Phi) is 13.7. The molecule has 0 saturated carbocycles. The monoisotopic (exact) mass is 644 g/mol. The lowest BCUT2D eigenvalue weighted by atomic mass is 10.1. The van der Waals surface area contributed by atoms with E-state index in [1.165, 1.54) is 0 Å². The van der Waals surface area contributed by atoms with Crippen molar-refractivity contribution in [2.24, 2.45) is 0 Å². The van der Waals surface area contributed by atoms with Gasteiger partial charge in [0.25, 0.3) is 5.24 Å². The third kappa shape index (κ3) is 10.9. The molecule has 0 saturated heterocycles. The van der Waals surface area contributed by atoms with Crippen molar-refractivity contribution in [2.45, 2.75) is 52.4 Å². The number of aromatic amines is 2. The lowest BCUT2D eigenvalue weighted by molar-refractivity contribution is -0.107. The predicted molar refractivity (Wildman–Crippen MR) is 157 cm³/mol. The first kappa shape index (κ1) is 30.3. The van der Waals surface area contributed by atoms with Crippen LogP contribution in [0.25, 0.3) is 22.1 Å². The topological polar surface area (TPSA) is 91.5 Å². The number of nitrogens with zero attached hydrogens (tertiary/aromatic N) is 2. The molecule has 0 aliphatic carbocycles. The van der Waals surface area contributed by atoms with Gasteiger partial charge in [-0.15, -0.1) is 0 Å². The molecule has 0 fully saturated rings. The summed E-state index contributed by atoms with van der Waals surface area (Å²) >= 11 is 11.6. The summed E-state index contributed by atoms with van der Waals surface area (Å²) in [6.45, 7) is 4.18. The number of halogens is 3. The lowest BCUT2D eigenvalue weighted by Crippen LogP contribution is -1.93. The summed E-state index contributed by atoms with van der Waals surface area (Å²) in [4.78, 5) is 36.3. The SMILES string of the molecule is Brc1cnc2[nH]ccc2c1.CCCCC#CC(=O)Cl.CCCCC#CC(=O)c1c[nH]c2ncc(Br)cc12. The van der Waals surface area contributed by atoms with Crippen molar-refractivity contribution in [1.29, 1.82) is 0 Å². The van der Waals surface area contributed by atoms with Gasteiger partial charge in [-0.05, 0) is 86.3 Å². The minimum Gasteiger partial charge on any atom is -0.346 e. The van der Waals surface area contributed by atoms with E-state index in [0.717, 1.165) is 63.9 Å². The molecule has 4 aromatic heterocycles. The number of unbranched alkanes of at least 4 members (excludes halogenated alkanes) is 4. The van der Waals surface area contributed by atoms with E-state index < -0.39 is 5.24 Å². The summed E-state index contributed by atoms with van der Waals surface area (Å²) in [6.07, 6.45) is 12.8.